The second-order valence-corrected chi connectivity index (χ2v) is 4.63. The van der Waals surface area contributed by atoms with E-state index >= 15 is 0 Å². The third-order valence-corrected chi connectivity index (χ3v) is 3.19. The molecule has 0 unspecified atom stereocenters. The molecule has 3 aromatic rings. The number of aromatic nitrogens is 3. The van der Waals surface area contributed by atoms with E-state index in [-0.39, 0.29) is 12.2 Å². The highest BCUT2D eigenvalue weighted by Crippen LogP contribution is 2.20. The Balaban J connectivity index is 1.82. The summed E-state index contributed by atoms with van der Waals surface area (Å²) in [6.45, 7) is 0.275. The first-order valence-corrected chi connectivity index (χ1v) is 6.38. The van der Waals surface area contributed by atoms with Crippen LogP contribution >= 0.6 is 0 Å². The predicted molar refractivity (Wildman–Crippen MR) is 76.2 cm³/mol. The van der Waals surface area contributed by atoms with Crippen molar-refractivity contribution in [1.82, 2.24) is 15.0 Å². The predicted octanol–water partition coefficient (Wildman–Crippen LogP) is 2.25. The highest BCUT2D eigenvalue weighted by Gasteiger charge is 2.10. The molecule has 0 aliphatic carbocycles. The Hall–Kier alpha value is -2.89. The second kappa shape index (κ2) is 5.24. The van der Waals surface area contributed by atoms with Crippen LogP contribution in [0.2, 0.25) is 0 Å². The van der Waals surface area contributed by atoms with Gasteiger partial charge in [-0.25, -0.2) is 9.48 Å². The molecule has 1 aromatic heterocycles. The molecule has 0 spiro atoms. The Morgan fingerprint density at radius 2 is 2.10 bits per heavy atom. The van der Waals surface area contributed by atoms with Gasteiger partial charge in [-0.2, -0.15) is 0 Å². The van der Waals surface area contributed by atoms with Crippen molar-refractivity contribution < 1.29 is 14.6 Å². The van der Waals surface area contributed by atoms with Gasteiger partial charge in [0.05, 0.1) is 5.52 Å². The van der Waals surface area contributed by atoms with E-state index in [1.165, 1.54) is 6.07 Å². The normalized spacial score (nSPS) is 10.7. The summed E-state index contributed by atoms with van der Waals surface area (Å²) >= 11 is 0. The summed E-state index contributed by atoms with van der Waals surface area (Å²) in [6.07, 6.45) is 0. The quantitative estimate of drug-likeness (QED) is 0.794. The number of carbonyl (C=O) groups is 1. The number of rotatable bonds is 4. The molecule has 0 atom stereocenters. The molecule has 6 nitrogen and oxygen atoms in total. The summed E-state index contributed by atoms with van der Waals surface area (Å²) in [4.78, 5) is 11.1. The van der Waals surface area contributed by atoms with E-state index in [4.69, 9.17) is 9.84 Å². The zero-order valence-electron chi connectivity index (χ0n) is 11.4. The first-order valence-electron chi connectivity index (χ1n) is 6.38. The molecule has 0 aliphatic heterocycles. The number of aryl methyl sites for hydroxylation is 1. The van der Waals surface area contributed by atoms with Gasteiger partial charge in [0.25, 0.3) is 0 Å². The number of ether oxygens (including phenoxy) is 1. The topological polar surface area (TPSA) is 77.2 Å². The largest absolute Gasteiger partial charge is 0.488 e. The molecule has 0 saturated heterocycles. The van der Waals surface area contributed by atoms with Crippen LogP contribution in [0, 0.1) is 0 Å². The summed E-state index contributed by atoms with van der Waals surface area (Å²) in [7, 11) is 1.83. The molecule has 6 heteroatoms. The van der Waals surface area contributed by atoms with E-state index in [0.29, 0.717) is 5.75 Å². The summed E-state index contributed by atoms with van der Waals surface area (Å²) in [6, 6.07) is 12.3. The Kier molecular flexibility index (Phi) is 3.27. The fourth-order valence-corrected chi connectivity index (χ4v) is 2.11. The van der Waals surface area contributed by atoms with Crippen LogP contribution in [0.1, 0.15) is 15.9 Å². The lowest BCUT2D eigenvalue weighted by Gasteiger charge is -2.09. The van der Waals surface area contributed by atoms with Crippen molar-refractivity contribution in [3.05, 3.63) is 53.6 Å². The average molecular weight is 283 g/mol. The number of aromatic carboxylic acids is 1. The molecule has 0 aliphatic rings. The van der Waals surface area contributed by atoms with Gasteiger partial charge in [-0.15, -0.1) is 5.10 Å². The monoisotopic (exact) mass is 283 g/mol. The van der Waals surface area contributed by atoms with Gasteiger partial charge in [-0.3, -0.25) is 0 Å². The third kappa shape index (κ3) is 2.55. The van der Waals surface area contributed by atoms with Crippen LogP contribution in [0.3, 0.4) is 0 Å². The van der Waals surface area contributed by atoms with E-state index < -0.39 is 5.97 Å². The molecule has 1 N–H and O–H groups in total. The summed E-state index contributed by atoms with van der Waals surface area (Å²) in [5.41, 5.74) is 2.77. The van der Waals surface area contributed by atoms with Crippen molar-refractivity contribution >= 4 is 17.0 Å². The van der Waals surface area contributed by atoms with Crippen LogP contribution in [0.5, 0.6) is 5.75 Å². The molecule has 0 radical (unpaired) electrons. The van der Waals surface area contributed by atoms with Crippen molar-refractivity contribution in [2.24, 2.45) is 7.05 Å². The first kappa shape index (κ1) is 13.1. The fraction of sp³-hybridized carbons (Fsp3) is 0.133. The Bertz CT molecular complexity index is 811. The van der Waals surface area contributed by atoms with Gasteiger partial charge in [0.15, 0.2) is 0 Å². The van der Waals surface area contributed by atoms with E-state index in [1.54, 1.807) is 22.9 Å². The number of fused-ring (bicyclic) bond motifs is 1. The number of nitrogens with zero attached hydrogens (tertiary/aromatic N) is 3. The Labute approximate surface area is 120 Å². The maximum Gasteiger partial charge on any atom is 0.339 e. The van der Waals surface area contributed by atoms with Gasteiger partial charge in [0, 0.05) is 7.05 Å². The average Bonchev–Trinajstić information content (AvgIpc) is 2.86. The first-order chi connectivity index (χ1) is 10.1. The minimum Gasteiger partial charge on any atom is -0.488 e. The van der Waals surface area contributed by atoms with Crippen molar-refractivity contribution in [3.63, 3.8) is 0 Å². The van der Waals surface area contributed by atoms with E-state index in [1.807, 2.05) is 25.2 Å². The molecule has 0 saturated carbocycles. The van der Waals surface area contributed by atoms with Crippen LogP contribution < -0.4 is 4.74 Å². The number of benzene rings is 2. The minimum atomic E-state index is -1.00. The Morgan fingerprint density at radius 1 is 1.29 bits per heavy atom. The fourth-order valence-electron chi connectivity index (χ4n) is 2.11. The number of carboxylic acids is 1. The lowest BCUT2D eigenvalue weighted by atomic mass is 10.2. The molecule has 2 aromatic carbocycles. The molecule has 3 rings (SSSR count). The van der Waals surface area contributed by atoms with Crippen LogP contribution in [0.15, 0.2) is 42.5 Å². The van der Waals surface area contributed by atoms with Gasteiger partial charge < -0.3 is 9.84 Å². The SMILES string of the molecule is Cn1nnc2cc(COc3ccccc3C(=O)O)ccc21. The second-order valence-electron chi connectivity index (χ2n) is 4.63. The van der Waals surface area contributed by atoms with Gasteiger partial charge in [-0.05, 0) is 29.8 Å². The van der Waals surface area contributed by atoms with E-state index in [2.05, 4.69) is 10.3 Å². The molecule has 0 fully saturated rings. The van der Waals surface area contributed by atoms with E-state index in [0.717, 1.165) is 16.6 Å². The van der Waals surface area contributed by atoms with Crippen LogP contribution in [0.25, 0.3) is 11.0 Å². The molecule has 106 valence electrons. The standard InChI is InChI=1S/C15H13N3O3/c1-18-13-7-6-10(8-12(13)16-17-18)9-21-14-5-3-2-4-11(14)15(19)20/h2-8H,9H2,1H3,(H,19,20). The van der Waals surface area contributed by atoms with Gasteiger partial charge in [0.1, 0.15) is 23.4 Å². The zero-order chi connectivity index (χ0) is 14.8. The molecular weight excluding hydrogens is 270 g/mol. The number of carboxylic acid groups (broad SMARTS) is 1. The highest BCUT2D eigenvalue weighted by molar-refractivity contribution is 5.90. The lowest BCUT2D eigenvalue weighted by Crippen LogP contribution is -2.03. The molecular formula is C15H13N3O3. The Morgan fingerprint density at radius 3 is 2.90 bits per heavy atom. The van der Waals surface area contributed by atoms with Gasteiger partial charge >= 0.3 is 5.97 Å². The van der Waals surface area contributed by atoms with Gasteiger partial charge in [-0.1, -0.05) is 23.4 Å². The summed E-state index contributed by atoms with van der Waals surface area (Å²) in [5.74, 6) is -0.653. The van der Waals surface area contributed by atoms with Crippen molar-refractivity contribution in [3.8, 4) is 5.75 Å². The van der Waals surface area contributed by atoms with Gasteiger partial charge in [0.2, 0.25) is 0 Å². The summed E-state index contributed by atoms with van der Waals surface area (Å²) < 4.78 is 7.30. The maximum absolute atomic E-state index is 11.1. The molecule has 21 heavy (non-hydrogen) atoms. The number of para-hydroxylation sites is 1. The molecule has 0 amide bonds. The van der Waals surface area contributed by atoms with E-state index in [9.17, 15) is 4.79 Å². The number of hydrogen-bond acceptors (Lipinski definition) is 4. The van der Waals surface area contributed by atoms with Crippen LogP contribution in [0.4, 0.5) is 0 Å². The van der Waals surface area contributed by atoms with Crippen molar-refractivity contribution in [2.45, 2.75) is 6.61 Å². The third-order valence-electron chi connectivity index (χ3n) is 3.19. The molecule has 1 heterocycles. The summed E-state index contributed by atoms with van der Waals surface area (Å²) in [5, 5.41) is 17.1. The van der Waals surface area contributed by atoms with Crippen LogP contribution in [-0.4, -0.2) is 26.1 Å². The minimum absolute atomic E-state index is 0.151. The van der Waals surface area contributed by atoms with Crippen molar-refractivity contribution in [1.29, 1.82) is 0 Å². The van der Waals surface area contributed by atoms with Crippen LogP contribution in [-0.2, 0) is 13.7 Å². The maximum atomic E-state index is 11.1. The zero-order valence-corrected chi connectivity index (χ0v) is 11.4. The highest BCUT2D eigenvalue weighted by atomic mass is 16.5. The molecule has 0 bridgehead atoms. The smallest absolute Gasteiger partial charge is 0.339 e. The van der Waals surface area contributed by atoms with Crippen molar-refractivity contribution in [2.75, 3.05) is 0 Å². The lowest BCUT2D eigenvalue weighted by molar-refractivity contribution is 0.0692. The number of hydrogen-bond donors (Lipinski definition) is 1.